The molecule has 0 spiro atoms. The summed E-state index contributed by atoms with van der Waals surface area (Å²) in [6, 6.07) is 17.1. The minimum atomic E-state index is 1.00. The van der Waals surface area contributed by atoms with E-state index in [0.29, 0.717) is 0 Å². The van der Waals surface area contributed by atoms with E-state index < -0.39 is 0 Å². The molecule has 0 aliphatic rings. The molecule has 0 N–H and O–H groups in total. The molecule has 0 unspecified atom stereocenters. The smallest absolute Gasteiger partial charge is 0.0245 e. The van der Waals surface area contributed by atoms with Crippen LogP contribution in [0, 0.1) is 23.7 Å². The molecule has 0 saturated carbocycles. The van der Waals surface area contributed by atoms with Gasteiger partial charge in [0, 0.05) is 24.0 Å². The van der Waals surface area contributed by atoms with Gasteiger partial charge in [-0.15, -0.1) is 0 Å². The fraction of sp³-hybridized carbons (Fsp3) is 0.429. The standard InChI is InChI=1S/C28H34/c1-3-5-7-9-11-13-15-25-17-21-27(22-18-25)28-23-19-26(20-24-28)16-14-12-10-8-6-4-2/h17-24H,3-12H2,1-2H3. The first-order valence-electron chi connectivity index (χ1n) is 11.0. The fourth-order valence-electron chi connectivity index (χ4n) is 3.10. The summed E-state index contributed by atoms with van der Waals surface area (Å²) in [7, 11) is 0. The van der Waals surface area contributed by atoms with Crippen molar-refractivity contribution < 1.29 is 0 Å². The number of hydrogen-bond donors (Lipinski definition) is 0. The van der Waals surface area contributed by atoms with Gasteiger partial charge in [-0.1, -0.05) is 100 Å². The van der Waals surface area contributed by atoms with Crippen molar-refractivity contribution in [1.29, 1.82) is 0 Å². The van der Waals surface area contributed by atoms with Crippen LogP contribution >= 0.6 is 0 Å². The van der Waals surface area contributed by atoms with E-state index in [1.165, 1.54) is 62.5 Å². The highest BCUT2D eigenvalue weighted by atomic mass is 14.0. The Bertz CT molecular complexity index is 714. The van der Waals surface area contributed by atoms with Crippen LogP contribution in [0.1, 0.15) is 89.2 Å². The molecule has 2 aromatic rings. The van der Waals surface area contributed by atoms with Crippen molar-refractivity contribution in [2.75, 3.05) is 0 Å². The Balaban J connectivity index is 1.85. The largest absolute Gasteiger partial charge is 0.0979 e. The molecule has 2 aromatic carbocycles. The average molecular weight is 371 g/mol. The van der Waals surface area contributed by atoms with Crippen LogP contribution < -0.4 is 0 Å². The summed E-state index contributed by atoms with van der Waals surface area (Å²) in [6.45, 7) is 4.48. The first-order chi connectivity index (χ1) is 13.8. The van der Waals surface area contributed by atoms with E-state index in [9.17, 15) is 0 Å². The molecule has 0 radical (unpaired) electrons. The molecule has 0 bridgehead atoms. The topological polar surface area (TPSA) is 0 Å². The zero-order valence-corrected chi connectivity index (χ0v) is 17.7. The van der Waals surface area contributed by atoms with Crippen molar-refractivity contribution in [3.8, 4) is 34.8 Å². The van der Waals surface area contributed by atoms with E-state index in [1.54, 1.807) is 0 Å². The number of unbranched alkanes of at least 4 members (excludes halogenated alkanes) is 8. The van der Waals surface area contributed by atoms with E-state index in [4.69, 9.17) is 0 Å². The van der Waals surface area contributed by atoms with Gasteiger partial charge in [0.05, 0.1) is 0 Å². The van der Waals surface area contributed by atoms with Gasteiger partial charge in [-0.2, -0.15) is 0 Å². The second-order valence-electron chi connectivity index (χ2n) is 7.38. The van der Waals surface area contributed by atoms with Gasteiger partial charge in [-0.3, -0.25) is 0 Å². The Morgan fingerprint density at radius 1 is 0.500 bits per heavy atom. The van der Waals surface area contributed by atoms with Gasteiger partial charge in [0.15, 0.2) is 0 Å². The highest BCUT2D eigenvalue weighted by Gasteiger charge is 1.97. The van der Waals surface area contributed by atoms with E-state index in [0.717, 1.165) is 24.0 Å². The Morgan fingerprint density at radius 3 is 1.25 bits per heavy atom. The molecule has 0 heterocycles. The van der Waals surface area contributed by atoms with Gasteiger partial charge >= 0.3 is 0 Å². The van der Waals surface area contributed by atoms with Crippen molar-refractivity contribution in [2.45, 2.75) is 78.1 Å². The Morgan fingerprint density at radius 2 is 0.893 bits per heavy atom. The zero-order chi connectivity index (χ0) is 19.9. The van der Waals surface area contributed by atoms with Gasteiger partial charge in [0.25, 0.3) is 0 Å². The summed E-state index contributed by atoms with van der Waals surface area (Å²) < 4.78 is 0. The molecule has 0 nitrogen and oxygen atoms in total. The van der Waals surface area contributed by atoms with Gasteiger partial charge in [0.2, 0.25) is 0 Å². The van der Waals surface area contributed by atoms with E-state index >= 15 is 0 Å². The summed E-state index contributed by atoms with van der Waals surface area (Å²) in [5.74, 6) is 13.2. The predicted octanol–water partition coefficient (Wildman–Crippen LogP) is 8.00. The highest BCUT2D eigenvalue weighted by Crippen LogP contribution is 2.20. The molecule has 146 valence electrons. The molecule has 0 heteroatoms. The second-order valence-corrected chi connectivity index (χ2v) is 7.38. The lowest BCUT2D eigenvalue weighted by Gasteiger charge is -2.02. The molecule has 0 aliphatic carbocycles. The number of benzene rings is 2. The van der Waals surface area contributed by atoms with Crippen LogP contribution in [-0.2, 0) is 0 Å². The van der Waals surface area contributed by atoms with Gasteiger partial charge < -0.3 is 0 Å². The third kappa shape index (κ3) is 8.50. The van der Waals surface area contributed by atoms with E-state index in [1.807, 2.05) is 0 Å². The molecule has 0 aliphatic heterocycles. The normalized spacial score (nSPS) is 9.93. The van der Waals surface area contributed by atoms with Crippen LogP contribution in [0.4, 0.5) is 0 Å². The maximum atomic E-state index is 3.30. The summed E-state index contributed by atoms with van der Waals surface area (Å²) in [4.78, 5) is 0. The van der Waals surface area contributed by atoms with Crippen molar-refractivity contribution >= 4 is 0 Å². The first kappa shape index (κ1) is 21.9. The molecule has 2 rings (SSSR count). The van der Waals surface area contributed by atoms with Crippen LogP contribution in [0.25, 0.3) is 11.1 Å². The van der Waals surface area contributed by atoms with Gasteiger partial charge in [-0.05, 0) is 48.2 Å². The molecule has 0 amide bonds. The molecular formula is C28H34. The summed E-state index contributed by atoms with van der Waals surface area (Å²) in [5.41, 5.74) is 4.66. The van der Waals surface area contributed by atoms with Crippen LogP contribution in [0.15, 0.2) is 48.5 Å². The minimum absolute atomic E-state index is 1.00. The van der Waals surface area contributed by atoms with Crippen LogP contribution in [0.2, 0.25) is 0 Å². The SMILES string of the molecule is CCCCCCC#Cc1ccc(-c2ccc(C#CCCCCCC)cc2)cc1. The van der Waals surface area contributed by atoms with Crippen molar-refractivity contribution in [3.05, 3.63) is 59.7 Å². The lowest BCUT2D eigenvalue weighted by atomic mass is 10.0. The van der Waals surface area contributed by atoms with Crippen LogP contribution in [0.5, 0.6) is 0 Å². The zero-order valence-electron chi connectivity index (χ0n) is 17.7. The molecular weight excluding hydrogens is 336 g/mol. The molecule has 0 saturated heterocycles. The summed E-state index contributed by atoms with van der Waals surface area (Å²) in [6.07, 6.45) is 12.2. The van der Waals surface area contributed by atoms with Crippen molar-refractivity contribution in [2.24, 2.45) is 0 Å². The minimum Gasteiger partial charge on any atom is -0.0979 e. The first-order valence-corrected chi connectivity index (χ1v) is 11.0. The molecule has 28 heavy (non-hydrogen) atoms. The Hall–Kier alpha value is -2.44. The van der Waals surface area contributed by atoms with Gasteiger partial charge in [0.1, 0.15) is 0 Å². The van der Waals surface area contributed by atoms with E-state index in [-0.39, 0.29) is 0 Å². The lowest BCUT2D eigenvalue weighted by Crippen LogP contribution is -1.81. The highest BCUT2D eigenvalue weighted by molar-refractivity contribution is 5.65. The average Bonchev–Trinajstić information content (AvgIpc) is 2.74. The monoisotopic (exact) mass is 370 g/mol. The maximum Gasteiger partial charge on any atom is 0.0245 e. The van der Waals surface area contributed by atoms with Gasteiger partial charge in [-0.25, -0.2) is 0 Å². The summed E-state index contributed by atoms with van der Waals surface area (Å²) in [5, 5.41) is 0. The maximum absolute atomic E-state index is 3.30. The van der Waals surface area contributed by atoms with Crippen LogP contribution in [-0.4, -0.2) is 0 Å². The van der Waals surface area contributed by atoms with Crippen LogP contribution in [0.3, 0.4) is 0 Å². The number of hydrogen-bond acceptors (Lipinski definition) is 0. The quantitative estimate of drug-likeness (QED) is 0.310. The lowest BCUT2D eigenvalue weighted by molar-refractivity contribution is 0.679. The van der Waals surface area contributed by atoms with E-state index in [2.05, 4.69) is 86.1 Å². The molecule has 0 atom stereocenters. The third-order valence-corrected chi connectivity index (χ3v) is 4.88. The Kier molecular flexibility index (Phi) is 10.7. The Labute approximate surface area is 172 Å². The number of rotatable bonds is 9. The second kappa shape index (κ2) is 13.7. The molecule has 0 fully saturated rings. The predicted molar refractivity (Wildman–Crippen MR) is 123 cm³/mol. The molecule has 0 aromatic heterocycles. The third-order valence-electron chi connectivity index (χ3n) is 4.88. The van der Waals surface area contributed by atoms with Crippen molar-refractivity contribution in [1.82, 2.24) is 0 Å². The fourth-order valence-corrected chi connectivity index (χ4v) is 3.10. The summed E-state index contributed by atoms with van der Waals surface area (Å²) >= 11 is 0. The van der Waals surface area contributed by atoms with Crippen molar-refractivity contribution in [3.63, 3.8) is 0 Å².